The largest absolute Gasteiger partial charge is 0.358 e. The predicted octanol–water partition coefficient (Wildman–Crippen LogP) is 3.70. The van der Waals surface area contributed by atoms with Gasteiger partial charge < -0.3 is 20.5 Å². The number of nitrogens with zero attached hydrogens (tertiary/aromatic N) is 3. The van der Waals surface area contributed by atoms with Crippen LogP contribution in [0.1, 0.15) is 19.0 Å². The van der Waals surface area contributed by atoms with Crippen LogP contribution in [0.5, 0.6) is 0 Å². The summed E-state index contributed by atoms with van der Waals surface area (Å²) in [6, 6.07) is 13.8. The number of benzene rings is 1. The molecule has 1 aromatic carbocycles. The Morgan fingerprint density at radius 1 is 1.30 bits per heavy atom. The fourth-order valence-corrected chi connectivity index (χ4v) is 3.75. The first kappa shape index (κ1) is 22.3. The summed E-state index contributed by atoms with van der Waals surface area (Å²) in [5.41, 5.74) is 2.34. The van der Waals surface area contributed by atoms with Gasteiger partial charge in [0, 0.05) is 56.0 Å². The van der Waals surface area contributed by atoms with E-state index >= 15 is 0 Å². The first-order valence-electron chi connectivity index (χ1n) is 10.2. The molecule has 2 aromatic heterocycles. The Kier molecular flexibility index (Phi) is 7.89. The number of nitrogens with one attached hydrogen (secondary N) is 3. The third-order valence-corrected chi connectivity index (χ3v) is 5.15. The second-order valence-corrected chi connectivity index (χ2v) is 7.28. The van der Waals surface area contributed by atoms with Crippen LogP contribution in [0.3, 0.4) is 0 Å². The van der Waals surface area contributed by atoms with Gasteiger partial charge in [-0.2, -0.15) is 0 Å². The fraction of sp³-hybridized carbons (Fsp3) is 0.364. The molecular formula is C22H28FIN6. The third kappa shape index (κ3) is 5.41. The van der Waals surface area contributed by atoms with Crippen molar-refractivity contribution >= 4 is 46.7 Å². The van der Waals surface area contributed by atoms with E-state index in [0.29, 0.717) is 18.9 Å². The Balaban J connectivity index is 0.00000256. The summed E-state index contributed by atoms with van der Waals surface area (Å²) in [6.07, 6.45) is 3.40. The Morgan fingerprint density at radius 3 is 2.97 bits per heavy atom. The van der Waals surface area contributed by atoms with Gasteiger partial charge in [0.2, 0.25) is 0 Å². The molecule has 30 heavy (non-hydrogen) atoms. The first-order chi connectivity index (χ1) is 14.2. The van der Waals surface area contributed by atoms with Gasteiger partial charge in [0.05, 0.1) is 0 Å². The minimum Gasteiger partial charge on any atom is -0.358 e. The summed E-state index contributed by atoms with van der Waals surface area (Å²) in [4.78, 5) is 14.3. The molecule has 0 saturated carbocycles. The lowest BCUT2D eigenvalue weighted by Gasteiger charge is -2.19. The first-order valence-corrected chi connectivity index (χ1v) is 10.2. The number of aliphatic imine (C=N–C) groups is 1. The van der Waals surface area contributed by atoms with Gasteiger partial charge in [0.25, 0.3) is 0 Å². The molecule has 1 saturated heterocycles. The van der Waals surface area contributed by atoms with Crippen molar-refractivity contribution in [1.29, 1.82) is 0 Å². The number of para-hydroxylation sites is 1. The topological polar surface area (TPSA) is 68.3 Å². The zero-order valence-electron chi connectivity index (χ0n) is 17.1. The Hall–Kier alpha value is -2.36. The maximum absolute atomic E-state index is 14.0. The van der Waals surface area contributed by atoms with E-state index in [0.717, 1.165) is 37.4 Å². The molecule has 1 atom stereocenters. The standard InChI is InChI=1S/C22H27FN6.HI/c1-2-24-22(26-12-9-17-14-16-6-3-4-8-20(16)27-17)28-18-10-13-29(15-18)21-19(23)7-5-11-25-21;/h3-8,11,14,18,27H,2,9-10,12-13,15H2,1H3,(H2,24,26,28);1H. The van der Waals surface area contributed by atoms with Gasteiger partial charge in [-0.25, -0.2) is 9.37 Å². The van der Waals surface area contributed by atoms with Crippen molar-refractivity contribution < 1.29 is 4.39 Å². The SMILES string of the molecule is CCNC(=NCCc1cc2ccccc2[nH]1)NC1CCN(c2ncccc2F)C1.I. The number of H-pyrrole nitrogens is 1. The van der Waals surface area contributed by atoms with E-state index in [9.17, 15) is 4.39 Å². The second kappa shape index (κ2) is 10.6. The van der Waals surface area contributed by atoms with Crippen molar-refractivity contribution in [3.05, 3.63) is 60.2 Å². The molecule has 3 heterocycles. The molecule has 1 aliphatic rings. The highest BCUT2D eigenvalue weighted by Gasteiger charge is 2.25. The van der Waals surface area contributed by atoms with Crippen molar-refractivity contribution in [3.8, 4) is 0 Å². The Bertz CT molecular complexity index is 955. The van der Waals surface area contributed by atoms with Crippen molar-refractivity contribution in [2.45, 2.75) is 25.8 Å². The molecule has 1 aliphatic heterocycles. The number of hydrogen-bond acceptors (Lipinski definition) is 3. The molecule has 3 N–H and O–H groups in total. The molecule has 1 unspecified atom stereocenters. The number of pyridine rings is 1. The monoisotopic (exact) mass is 522 g/mol. The van der Waals surface area contributed by atoms with E-state index in [1.54, 1.807) is 12.3 Å². The van der Waals surface area contributed by atoms with Gasteiger partial charge in [-0.15, -0.1) is 24.0 Å². The maximum Gasteiger partial charge on any atom is 0.191 e. The molecule has 1 fully saturated rings. The van der Waals surface area contributed by atoms with Crippen LogP contribution in [-0.4, -0.2) is 48.1 Å². The quantitative estimate of drug-likeness (QED) is 0.263. The number of rotatable bonds is 6. The average Bonchev–Trinajstić information content (AvgIpc) is 3.35. The number of halogens is 2. The molecule has 0 radical (unpaired) electrons. The van der Waals surface area contributed by atoms with Gasteiger partial charge in [-0.3, -0.25) is 4.99 Å². The lowest BCUT2D eigenvalue weighted by atomic mass is 10.2. The summed E-state index contributed by atoms with van der Waals surface area (Å²) in [5, 5.41) is 8.02. The van der Waals surface area contributed by atoms with E-state index < -0.39 is 0 Å². The van der Waals surface area contributed by atoms with Crippen LogP contribution in [0.4, 0.5) is 10.2 Å². The zero-order valence-corrected chi connectivity index (χ0v) is 19.4. The molecule has 0 bridgehead atoms. The van der Waals surface area contributed by atoms with Crippen LogP contribution in [0, 0.1) is 5.82 Å². The van der Waals surface area contributed by atoms with Crippen molar-refractivity contribution in [3.63, 3.8) is 0 Å². The van der Waals surface area contributed by atoms with Gasteiger partial charge in [0.15, 0.2) is 17.6 Å². The van der Waals surface area contributed by atoms with Gasteiger partial charge in [-0.1, -0.05) is 18.2 Å². The van der Waals surface area contributed by atoms with Crippen LogP contribution >= 0.6 is 24.0 Å². The predicted molar refractivity (Wildman–Crippen MR) is 131 cm³/mol. The molecular weight excluding hydrogens is 494 g/mol. The lowest BCUT2D eigenvalue weighted by Crippen LogP contribution is -2.44. The van der Waals surface area contributed by atoms with Crippen LogP contribution in [0.25, 0.3) is 10.9 Å². The fourth-order valence-electron chi connectivity index (χ4n) is 3.75. The highest BCUT2D eigenvalue weighted by Crippen LogP contribution is 2.20. The number of aromatic amines is 1. The van der Waals surface area contributed by atoms with E-state index in [-0.39, 0.29) is 35.8 Å². The van der Waals surface area contributed by atoms with E-state index in [4.69, 9.17) is 4.99 Å². The number of fused-ring (bicyclic) bond motifs is 1. The van der Waals surface area contributed by atoms with E-state index in [2.05, 4.69) is 45.7 Å². The molecule has 0 amide bonds. The van der Waals surface area contributed by atoms with Crippen molar-refractivity contribution in [2.75, 3.05) is 31.1 Å². The van der Waals surface area contributed by atoms with Crippen LogP contribution in [-0.2, 0) is 6.42 Å². The minimum absolute atomic E-state index is 0. The Labute approximate surface area is 193 Å². The molecule has 3 aromatic rings. The summed E-state index contributed by atoms with van der Waals surface area (Å²) >= 11 is 0. The Morgan fingerprint density at radius 2 is 2.17 bits per heavy atom. The normalized spacial score (nSPS) is 16.5. The molecule has 0 spiro atoms. The highest BCUT2D eigenvalue weighted by molar-refractivity contribution is 14.0. The molecule has 6 nitrogen and oxygen atoms in total. The van der Waals surface area contributed by atoms with E-state index in [1.165, 1.54) is 17.1 Å². The third-order valence-electron chi connectivity index (χ3n) is 5.15. The van der Waals surface area contributed by atoms with Crippen LogP contribution < -0.4 is 15.5 Å². The van der Waals surface area contributed by atoms with Gasteiger partial charge in [-0.05, 0) is 43.0 Å². The summed E-state index contributed by atoms with van der Waals surface area (Å²) in [7, 11) is 0. The minimum atomic E-state index is -0.271. The average molecular weight is 522 g/mol. The smallest absolute Gasteiger partial charge is 0.191 e. The van der Waals surface area contributed by atoms with Crippen molar-refractivity contribution in [1.82, 2.24) is 20.6 Å². The molecule has 160 valence electrons. The number of aromatic nitrogens is 2. The summed E-state index contributed by atoms with van der Waals surface area (Å²) in [6.45, 7) is 5.02. The van der Waals surface area contributed by atoms with Crippen LogP contribution in [0.2, 0.25) is 0 Å². The number of guanidine groups is 1. The molecule has 4 rings (SSSR count). The molecule has 0 aliphatic carbocycles. The number of hydrogen-bond donors (Lipinski definition) is 3. The van der Waals surface area contributed by atoms with Gasteiger partial charge in [0.1, 0.15) is 0 Å². The van der Waals surface area contributed by atoms with Gasteiger partial charge >= 0.3 is 0 Å². The number of anilines is 1. The van der Waals surface area contributed by atoms with Crippen molar-refractivity contribution in [2.24, 2.45) is 4.99 Å². The molecule has 8 heteroatoms. The summed E-state index contributed by atoms with van der Waals surface area (Å²) < 4.78 is 14.0. The highest BCUT2D eigenvalue weighted by atomic mass is 127. The van der Waals surface area contributed by atoms with Crippen LogP contribution in [0.15, 0.2) is 53.7 Å². The maximum atomic E-state index is 14.0. The zero-order chi connectivity index (χ0) is 20.1. The lowest BCUT2D eigenvalue weighted by molar-refractivity contribution is 0.612. The summed E-state index contributed by atoms with van der Waals surface area (Å²) in [5.74, 6) is 0.960. The second-order valence-electron chi connectivity index (χ2n) is 7.28. The van der Waals surface area contributed by atoms with E-state index in [1.807, 2.05) is 17.0 Å².